The van der Waals surface area contributed by atoms with E-state index < -0.39 is 11.5 Å². The van der Waals surface area contributed by atoms with E-state index in [0.717, 1.165) is 0 Å². The van der Waals surface area contributed by atoms with Gasteiger partial charge in [0.15, 0.2) is 0 Å². The first-order chi connectivity index (χ1) is 9.38. The lowest BCUT2D eigenvalue weighted by Crippen LogP contribution is -2.22. The van der Waals surface area contributed by atoms with Crippen LogP contribution in [0.5, 0.6) is 0 Å². The van der Waals surface area contributed by atoms with Gasteiger partial charge < -0.3 is 10.3 Å². The topological polar surface area (TPSA) is 62.0 Å². The number of pyridine rings is 1. The molecule has 0 saturated heterocycles. The number of hydrogen-bond donors (Lipinski definition) is 2. The van der Waals surface area contributed by atoms with E-state index in [1.807, 2.05) is 24.3 Å². The Hall–Kier alpha value is -2.36. The van der Waals surface area contributed by atoms with E-state index in [4.69, 9.17) is 0 Å². The molecule has 20 heavy (non-hydrogen) atoms. The van der Waals surface area contributed by atoms with Crippen molar-refractivity contribution in [2.24, 2.45) is 0 Å². The number of anilines is 1. The summed E-state index contributed by atoms with van der Waals surface area (Å²) in [5.41, 5.74) is 1.64. The number of hydrogen-bond acceptors (Lipinski definition) is 2. The van der Waals surface area contributed by atoms with Gasteiger partial charge in [-0.05, 0) is 35.2 Å². The molecule has 0 bridgehead atoms. The van der Waals surface area contributed by atoms with Gasteiger partial charge in [0, 0.05) is 11.9 Å². The molecule has 0 aliphatic carbocycles. The Labute approximate surface area is 117 Å². The second-order valence-corrected chi connectivity index (χ2v) is 5.69. The highest BCUT2D eigenvalue weighted by atomic mass is 16.2. The van der Waals surface area contributed by atoms with Gasteiger partial charge in [-0.3, -0.25) is 9.59 Å². The molecule has 0 radical (unpaired) electrons. The minimum absolute atomic E-state index is 0.0686. The standard InChI is InChI=1S/C16H18N2O2/c1-16(2,3)11-6-8-12(9-7-11)18-15(20)13-5-4-10-17-14(13)19/h4-10H,1-3H3,(H,17,19)(H,18,20). The molecule has 0 atom stereocenters. The SMILES string of the molecule is CC(C)(C)c1ccc(NC(=O)c2ccc[nH]c2=O)cc1. The van der Waals surface area contributed by atoms with Crippen molar-refractivity contribution in [1.82, 2.24) is 4.98 Å². The van der Waals surface area contributed by atoms with Gasteiger partial charge >= 0.3 is 0 Å². The molecule has 2 rings (SSSR count). The molecule has 0 aliphatic heterocycles. The number of amides is 1. The lowest BCUT2D eigenvalue weighted by molar-refractivity contribution is 0.102. The van der Waals surface area contributed by atoms with E-state index in [1.54, 1.807) is 6.07 Å². The summed E-state index contributed by atoms with van der Waals surface area (Å²) < 4.78 is 0. The molecule has 1 amide bonds. The molecule has 0 saturated carbocycles. The van der Waals surface area contributed by atoms with Crippen LogP contribution < -0.4 is 10.9 Å². The summed E-state index contributed by atoms with van der Waals surface area (Å²) in [6.45, 7) is 6.39. The molecule has 4 nitrogen and oxygen atoms in total. The van der Waals surface area contributed by atoms with Crippen LogP contribution in [-0.4, -0.2) is 10.9 Å². The summed E-state index contributed by atoms with van der Waals surface area (Å²) in [4.78, 5) is 26.0. The summed E-state index contributed by atoms with van der Waals surface area (Å²) in [5.74, 6) is -0.407. The Kier molecular flexibility index (Phi) is 3.74. The fourth-order valence-corrected chi connectivity index (χ4v) is 1.85. The van der Waals surface area contributed by atoms with Crippen molar-refractivity contribution in [3.05, 3.63) is 64.1 Å². The predicted octanol–water partition coefficient (Wildman–Crippen LogP) is 2.92. The van der Waals surface area contributed by atoms with Gasteiger partial charge in [0.2, 0.25) is 0 Å². The molecular weight excluding hydrogens is 252 g/mol. The molecule has 0 spiro atoms. The Morgan fingerprint density at radius 1 is 1.10 bits per heavy atom. The molecule has 0 unspecified atom stereocenters. The first-order valence-electron chi connectivity index (χ1n) is 6.47. The zero-order valence-corrected chi connectivity index (χ0v) is 11.9. The van der Waals surface area contributed by atoms with E-state index in [0.29, 0.717) is 5.69 Å². The number of carbonyl (C=O) groups excluding carboxylic acids is 1. The molecule has 104 valence electrons. The average Bonchev–Trinajstić information content (AvgIpc) is 2.38. The van der Waals surface area contributed by atoms with Gasteiger partial charge in [0.1, 0.15) is 5.56 Å². The lowest BCUT2D eigenvalue weighted by Gasteiger charge is -2.19. The van der Waals surface area contributed by atoms with Gasteiger partial charge in [0.05, 0.1) is 0 Å². The quantitative estimate of drug-likeness (QED) is 0.881. The van der Waals surface area contributed by atoms with Crippen LogP contribution in [-0.2, 0) is 5.41 Å². The number of benzene rings is 1. The first kappa shape index (κ1) is 14.1. The Bertz CT molecular complexity index is 664. The van der Waals surface area contributed by atoms with Crippen molar-refractivity contribution in [3.63, 3.8) is 0 Å². The van der Waals surface area contributed by atoms with Crippen molar-refractivity contribution < 1.29 is 4.79 Å². The van der Waals surface area contributed by atoms with Crippen LogP contribution in [0.1, 0.15) is 36.7 Å². The molecule has 1 aromatic heterocycles. The van der Waals surface area contributed by atoms with Gasteiger partial charge in [-0.25, -0.2) is 0 Å². The third-order valence-corrected chi connectivity index (χ3v) is 3.07. The maximum absolute atomic E-state index is 12.0. The third kappa shape index (κ3) is 3.15. The normalized spacial score (nSPS) is 11.2. The number of H-pyrrole nitrogens is 1. The summed E-state index contributed by atoms with van der Waals surface area (Å²) in [6, 6.07) is 10.8. The van der Waals surface area contributed by atoms with Gasteiger partial charge in [-0.1, -0.05) is 32.9 Å². The van der Waals surface area contributed by atoms with E-state index >= 15 is 0 Å². The van der Waals surface area contributed by atoms with Gasteiger partial charge in [-0.2, -0.15) is 0 Å². The van der Waals surface area contributed by atoms with Crippen LogP contribution in [0.2, 0.25) is 0 Å². The maximum Gasteiger partial charge on any atom is 0.261 e. The van der Waals surface area contributed by atoms with E-state index in [1.165, 1.54) is 17.8 Å². The highest BCUT2D eigenvalue weighted by Gasteiger charge is 2.14. The van der Waals surface area contributed by atoms with Crippen LogP contribution in [0, 0.1) is 0 Å². The second kappa shape index (κ2) is 5.33. The highest BCUT2D eigenvalue weighted by molar-refractivity contribution is 6.03. The Morgan fingerprint density at radius 3 is 2.30 bits per heavy atom. The molecule has 0 fully saturated rings. The smallest absolute Gasteiger partial charge is 0.261 e. The summed E-state index contributed by atoms with van der Waals surface area (Å²) in [5, 5.41) is 2.72. The van der Waals surface area contributed by atoms with Gasteiger partial charge in [0.25, 0.3) is 11.5 Å². The summed E-state index contributed by atoms with van der Waals surface area (Å²) in [6.07, 6.45) is 1.50. The molecule has 2 N–H and O–H groups in total. The van der Waals surface area contributed by atoms with Crippen LogP contribution in [0.3, 0.4) is 0 Å². The minimum Gasteiger partial charge on any atom is -0.328 e. The molecule has 2 aromatic rings. The van der Waals surface area contributed by atoms with Crippen molar-refractivity contribution in [3.8, 4) is 0 Å². The summed E-state index contributed by atoms with van der Waals surface area (Å²) >= 11 is 0. The first-order valence-corrected chi connectivity index (χ1v) is 6.47. The monoisotopic (exact) mass is 270 g/mol. The van der Waals surface area contributed by atoms with Crippen molar-refractivity contribution in [2.75, 3.05) is 5.32 Å². The molecule has 0 aliphatic rings. The van der Waals surface area contributed by atoms with Gasteiger partial charge in [-0.15, -0.1) is 0 Å². The zero-order valence-electron chi connectivity index (χ0n) is 11.9. The fourth-order valence-electron chi connectivity index (χ4n) is 1.85. The molecule has 1 heterocycles. The van der Waals surface area contributed by atoms with Crippen LogP contribution in [0.4, 0.5) is 5.69 Å². The number of carbonyl (C=O) groups is 1. The van der Waals surface area contributed by atoms with Crippen molar-refractivity contribution in [2.45, 2.75) is 26.2 Å². The fraction of sp³-hybridized carbons (Fsp3) is 0.250. The largest absolute Gasteiger partial charge is 0.328 e. The number of nitrogens with one attached hydrogen (secondary N) is 2. The van der Waals surface area contributed by atoms with E-state index in [9.17, 15) is 9.59 Å². The summed E-state index contributed by atoms with van der Waals surface area (Å²) in [7, 11) is 0. The Morgan fingerprint density at radius 2 is 1.75 bits per heavy atom. The number of rotatable bonds is 2. The number of aromatic nitrogens is 1. The van der Waals surface area contributed by atoms with Crippen LogP contribution in [0.25, 0.3) is 0 Å². The minimum atomic E-state index is -0.407. The predicted molar refractivity (Wildman–Crippen MR) is 80.2 cm³/mol. The number of aromatic amines is 1. The van der Waals surface area contributed by atoms with E-state index in [-0.39, 0.29) is 11.0 Å². The van der Waals surface area contributed by atoms with Crippen LogP contribution >= 0.6 is 0 Å². The molecular formula is C16H18N2O2. The lowest BCUT2D eigenvalue weighted by atomic mass is 9.87. The molecule has 4 heteroatoms. The van der Waals surface area contributed by atoms with E-state index in [2.05, 4.69) is 31.1 Å². The second-order valence-electron chi connectivity index (χ2n) is 5.69. The maximum atomic E-state index is 12.0. The van der Waals surface area contributed by atoms with Crippen molar-refractivity contribution >= 4 is 11.6 Å². The van der Waals surface area contributed by atoms with Crippen molar-refractivity contribution in [1.29, 1.82) is 0 Å². The third-order valence-electron chi connectivity index (χ3n) is 3.07. The average molecular weight is 270 g/mol. The zero-order chi connectivity index (χ0) is 14.8. The van der Waals surface area contributed by atoms with Crippen LogP contribution in [0.15, 0.2) is 47.4 Å². The molecule has 1 aromatic carbocycles. The highest BCUT2D eigenvalue weighted by Crippen LogP contribution is 2.23. The Balaban J connectivity index is 2.17.